The van der Waals surface area contributed by atoms with Gasteiger partial charge in [-0.15, -0.1) is 0 Å². The number of aliphatic imine (C=N–C) groups is 1. The molecule has 3 aromatic rings. The molecule has 1 aliphatic heterocycles. The molecule has 4 rings (SSSR count). The average Bonchev–Trinajstić information content (AvgIpc) is 2.76. The van der Waals surface area contributed by atoms with Gasteiger partial charge in [-0.1, -0.05) is 11.6 Å². The number of halogens is 3. The van der Waals surface area contributed by atoms with Gasteiger partial charge in [0.2, 0.25) is 11.9 Å². The Morgan fingerprint density at radius 3 is 2.53 bits per heavy atom. The fraction of sp³-hybridized carbons (Fsp3) is 0.0455. The number of hydrogen-bond donors (Lipinski definition) is 4. The number of amides is 2. The van der Waals surface area contributed by atoms with Crippen molar-refractivity contribution in [1.29, 1.82) is 0 Å². The minimum Gasteiger partial charge on any atom is -0.374 e. The third-order valence-corrected chi connectivity index (χ3v) is 4.71. The molecule has 7 nitrogen and oxygen atoms in total. The molecular weight excluding hydrogens is 440 g/mol. The number of nitrogens with zero attached hydrogens (tertiary/aromatic N) is 1. The van der Waals surface area contributed by atoms with Crippen molar-refractivity contribution in [3.8, 4) is 0 Å². The predicted octanol–water partition coefficient (Wildman–Crippen LogP) is 4.51. The molecule has 0 saturated heterocycles. The van der Waals surface area contributed by atoms with Gasteiger partial charge < -0.3 is 16.0 Å². The Balaban J connectivity index is 1.64. The summed E-state index contributed by atoms with van der Waals surface area (Å²) in [6.45, 7) is 0.120. The number of fused-ring (bicyclic) bond motifs is 1. The summed E-state index contributed by atoms with van der Waals surface area (Å²) in [5.74, 6) is -1.97. The standard InChI is InChI=1S/C22H16ClF2N5O2/c23-13-3-7-17(16(25)9-13)29-22(30-21(32)12-1-4-14(24)5-2-12)27-15-6-8-18-19(10-15)26-11-20(31)28-18/h1-10,26H,11H2,(H,28,31)(H2,27,29,30,32). The summed E-state index contributed by atoms with van der Waals surface area (Å²) < 4.78 is 27.5. The van der Waals surface area contributed by atoms with Gasteiger partial charge in [0.25, 0.3) is 5.91 Å². The molecule has 0 aromatic heterocycles. The first kappa shape index (κ1) is 21.3. The predicted molar refractivity (Wildman–Crippen MR) is 120 cm³/mol. The lowest BCUT2D eigenvalue weighted by Crippen LogP contribution is -2.36. The maximum absolute atomic E-state index is 14.3. The van der Waals surface area contributed by atoms with Crippen LogP contribution >= 0.6 is 11.6 Å². The molecule has 0 aliphatic carbocycles. The van der Waals surface area contributed by atoms with Crippen LogP contribution in [0.4, 0.5) is 31.5 Å². The Bertz CT molecular complexity index is 1230. The Kier molecular flexibility index (Phi) is 6.00. The van der Waals surface area contributed by atoms with E-state index in [-0.39, 0.29) is 34.7 Å². The highest BCUT2D eigenvalue weighted by molar-refractivity contribution is 6.30. The lowest BCUT2D eigenvalue weighted by molar-refractivity contribution is -0.114. The highest BCUT2D eigenvalue weighted by Gasteiger charge is 2.16. The quantitative estimate of drug-likeness (QED) is 0.345. The number of anilines is 3. The minimum absolute atomic E-state index is 0.0559. The van der Waals surface area contributed by atoms with E-state index in [0.29, 0.717) is 17.1 Å². The van der Waals surface area contributed by atoms with Crippen LogP contribution in [0.1, 0.15) is 10.4 Å². The zero-order valence-corrected chi connectivity index (χ0v) is 17.1. The van der Waals surface area contributed by atoms with Crippen LogP contribution in [0, 0.1) is 11.6 Å². The van der Waals surface area contributed by atoms with Crippen molar-refractivity contribution in [2.24, 2.45) is 4.99 Å². The summed E-state index contributed by atoms with van der Waals surface area (Å²) in [5.41, 5.74) is 1.91. The van der Waals surface area contributed by atoms with Gasteiger partial charge in [0.1, 0.15) is 17.3 Å². The van der Waals surface area contributed by atoms with Crippen LogP contribution in [0.15, 0.2) is 65.7 Å². The van der Waals surface area contributed by atoms with Crippen molar-refractivity contribution in [3.63, 3.8) is 0 Å². The number of carbonyl (C=O) groups excluding carboxylic acids is 2. The van der Waals surface area contributed by atoms with Crippen LogP contribution in [0.2, 0.25) is 5.02 Å². The maximum atomic E-state index is 14.3. The van der Waals surface area contributed by atoms with Crippen LogP contribution in [-0.4, -0.2) is 24.3 Å². The molecule has 0 radical (unpaired) electrons. The molecule has 0 spiro atoms. The summed E-state index contributed by atoms with van der Waals surface area (Å²) in [5, 5.41) is 11.4. The van der Waals surface area contributed by atoms with E-state index >= 15 is 0 Å². The first-order chi connectivity index (χ1) is 15.4. The second-order valence-corrected chi connectivity index (χ2v) is 7.24. The summed E-state index contributed by atoms with van der Waals surface area (Å²) in [4.78, 5) is 28.3. The highest BCUT2D eigenvalue weighted by atomic mass is 35.5. The molecule has 0 unspecified atom stereocenters. The second kappa shape index (κ2) is 9.03. The normalized spacial score (nSPS) is 13.0. The Labute approximate surface area is 186 Å². The van der Waals surface area contributed by atoms with Gasteiger partial charge in [0, 0.05) is 16.3 Å². The zero-order valence-electron chi connectivity index (χ0n) is 16.4. The minimum atomic E-state index is -0.678. The molecule has 0 atom stereocenters. The topological polar surface area (TPSA) is 94.6 Å². The molecule has 32 heavy (non-hydrogen) atoms. The maximum Gasteiger partial charge on any atom is 0.257 e. The zero-order chi connectivity index (χ0) is 22.7. The fourth-order valence-electron chi connectivity index (χ4n) is 2.94. The number of guanidine groups is 1. The van der Waals surface area contributed by atoms with Gasteiger partial charge in [-0.2, -0.15) is 0 Å². The van der Waals surface area contributed by atoms with Crippen LogP contribution in [0.3, 0.4) is 0 Å². The second-order valence-electron chi connectivity index (χ2n) is 6.80. The third kappa shape index (κ3) is 5.01. The number of rotatable bonds is 3. The average molecular weight is 456 g/mol. The molecule has 3 aromatic carbocycles. The molecule has 2 amide bonds. The molecule has 1 aliphatic rings. The number of carbonyl (C=O) groups is 2. The van der Waals surface area contributed by atoms with Gasteiger partial charge in [-0.05, 0) is 60.7 Å². The first-order valence-corrected chi connectivity index (χ1v) is 9.80. The molecule has 10 heteroatoms. The van der Waals surface area contributed by atoms with Crippen LogP contribution in [-0.2, 0) is 4.79 Å². The molecule has 4 N–H and O–H groups in total. The summed E-state index contributed by atoms with van der Waals surface area (Å²) >= 11 is 5.80. The lowest BCUT2D eigenvalue weighted by Gasteiger charge is -2.20. The van der Waals surface area contributed by atoms with Gasteiger partial charge in [-0.25, -0.2) is 13.8 Å². The van der Waals surface area contributed by atoms with E-state index in [1.54, 1.807) is 18.2 Å². The van der Waals surface area contributed by atoms with E-state index in [4.69, 9.17) is 11.6 Å². The number of hydrogen-bond acceptors (Lipinski definition) is 4. The summed E-state index contributed by atoms with van der Waals surface area (Å²) in [6, 6.07) is 13.9. The monoisotopic (exact) mass is 455 g/mol. The van der Waals surface area contributed by atoms with Gasteiger partial charge in [0.05, 0.1) is 17.9 Å². The molecule has 0 bridgehead atoms. The molecule has 0 saturated carbocycles. The van der Waals surface area contributed by atoms with E-state index in [1.165, 1.54) is 24.3 Å². The van der Waals surface area contributed by atoms with Crippen molar-refractivity contribution in [2.45, 2.75) is 0 Å². The molecule has 162 valence electrons. The Hall–Kier alpha value is -3.98. The lowest BCUT2D eigenvalue weighted by atomic mass is 10.2. The highest BCUT2D eigenvalue weighted by Crippen LogP contribution is 2.28. The SMILES string of the molecule is O=C1CNc2cc(NC(=Nc3ccc(Cl)cc3F)NC(=O)c3ccc(F)cc3)ccc2N1. The van der Waals surface area contributed by atoms with E-state index in [1.807, 2.05) is 0 Å². The van der Waals surface area contributed by atoms with E-state index < -0.39 is 17.5 Å². The van der Waals surface area contributed by atoms with E-state index in [2.05, 4.69) is 26.3 Å². The van der Waals surface area contributed by atoms with Crippen LogP contribution in [0.25, 0.3) is 0 Å². The Morgan fingerprint density at radius 1 is 1.00 bits per heavy atom. The van der Waals surface area contributed by atoms with Crippen LogP contribution < -0.4 is 21.3 Å². The molecular formula is C22H16ClF2N5O2. The molecule has 1 heterocycles. The summed E-state index contributed by atoms with van der Waals surface area (Å²) in [7, 11) is 0. The van der Waals surface area contributed by atoms with Crippen molar-refractivity contribution in [1.82, 2.24) is 5.32 Å². The smallest absolute Gasteiger partial charge is 0.257 e. The largest absolute Gasteiger partial charge is 0.374 e. The fourth-order valence-corrected chi connectivity index (χ4v) is 3.10. The summed E-state index contributed by atoms with van der Waals surface area (Å²) in [6.07, 6.45) is 0. The third-order valence-electron chi connectivity index (χ3n) is 4.48. The Morgan fingerprint density at radius 2 is 1.78 bits per heavy atom. The number of nitrogens with one attached hydrogen (secondary N) is 4. The first-order valence-electron chi connectivity index (χ1n) is 9.43. The molecule has 0 fully saturated rings. The number of benzene rings is 3. The van der Waals surface area contributed by atoms with Gasteiger partial charge in [-0.3, -0.25) is 14.9 Å². The van der Waals surface area contributed by atoms with E-state index in [0.717, 1.165) is 18.2 Å². The van der Waals surface area contributed by atoms with Crippen molar-refractivity contribution >= 4 is 52.1 Å². The van der Waals surface area contributed by atoms with Gasteiger partial charge >= 0.3 is 0 Å². The van der Waals surface area contributed by atoms with Crippen LogP contribution in [0.5, 0.6) is 0 Å². The van der Waals surface area contributed by atoms with E-state index in [9.17, 15) is 18.4 Å². The van der Waals surface area contributed by atoms with Crippen molar-refractivity contribution in [3.05, 3.63) is 82.9 Å². The van der Waals surface area contributed by atoms with Crippen molar-refractivity contribution in [2.75, 3.05) is 22.5 Å². The van der Waals surface area contributed by atoms with Gasteiger partial charge in [0.15, 0.2) is 0 Å². The van der Waals surface area contributed by atoms with Crippen molar-refractivity contribution < 1.29 is 18.4 Å².